The smallest absolute Gasteiger partial charge is 0.417 e. The molecule has 0 aliphatic carbocycles. The van der Waals surface area contributed by atoms with Crippen LogP contribution in [0.25, 0.3) is 0 Å². The lowest BCUT2D eigenvalue weighted by molar-refractivity contribution is -0.137. The molecule has 6 heteroatoms. The molecule has 3 nitrogen and oxygen atoms in total. The van der Waals surface area contributed by atoms with Gasteiger partial charge in [-0.2, -0.15) is 18.4 Å². The summed E-state index contributed by atoms with van der Waals surface area (Å²) in [6, 6.07) is 5.08. The molecule has 0 amide bonds. The second kappa shape index (κ2) is 6.14. The molecule has 0 spiro atoms. The van der Waals surface area contributed by atoms with Gasteiger partial charge in [0.05, 0.1) is 17.2 Å². The van der Waals surface area contributed by atoms with Crippen LogP contribution in [0.3, 0.4) is 0 Å². The minimum atomic E-state index is -4.52. The van der Waals surface area contributed by atoms with Gasteiger partial charge in [0.1, 0.15) is 12.4 Å². The van der Waals surface area contributed by atoms with Crippen molar-refractivity contribution in [2.75, 3.05) is 13.2 Å². The molecule has 1 aromatic carbocycles. The zero-order valence-electron chi connectivity index (χ0n) is 10.8. The Morgan fingerprint density at radius 1 is 1.35 bits per heavy atom. The summed E-state index contributed by atoms with van der Waals surface area (Å²) in [5, 5.41) is 12.1. The number of halogens is 3. The lowest BCUT2D eigenvalue weighted by atomic mass is 10.1. The summed E-state index contributed by atoms with van der Waals surface area (Å²) in [7, 11) is 0. The van der Waals surface area contributed by atoms with E-state index in [2.05, 4.69) is 5.32 Å². The van der Waals surface area contributed by atoms with Crippen LogP contribution in [0.4, 0.5) is 13.2 Å². The van der Waals surface area contributed by atoms with Crippen molar-refractivity contribution in [2.45, 2.75) is 31.5 Å². The number of nitrogens with one attached hydrogen (secondary N) is 1. The third-order valence-corrected chi connectivity index (χ3v) is 3.28. The average Bonchev–Trinajstić information content (AvgIpc) is 2.45. The standard InChI is InChI=1S/C14H15F3N2O/c15-14(16,17)13-5-4-12(7-10(13)8-18)20-9-11-3-1-2-6-19-11/h4-5,7,11,19H,1-3,6,9H2. The Morgan fingerprint density at radius 2 is 2.15 bits per heavy atom. The van der Waals surface area contributed by atoms with Crippen molar-refractivity contribution in [3.05, 3.63) is 29.3 Å². The van der Waals surface area contributed by atoms with Crippen molar-refractivity contribution in [1.82, 2.24) is 5.32 Å². The van der Waals surface area contributed by atoms with Crippen LogP contribution in [0.1, 0.15) is 30.4 Å². The molecule has 0 aromatic heterocycles. The van der Waals surface area contributed by atoms with E-state index < -0.39 is 17.3 Å². The summed E-state index contributed by atoms with van der Waals surface area (Å²) in [4.78, 5) is 0. The lowest BCUT2D eigenvalue weighted by Crippen LogP contribution is -2.38. The molecule has 0 radical (unpaired) electrons. The fourth-order valence-electron chi connectivity index (χ4n) is 2.22. The molecular weight excluding hydrogens is 269 g/mol. The Balaban J connectivity index is 2.04. The highest BCUT2D eigenvalue weighted by molar-refractivity contribution is 5.44. The Morgan fingerprint density at radius 3 is 2.75 bits per heavy atom. The van der Waals surface area contributed by atoms with Crippen LogP contribution in [-0.2, 0) is 6.18 Å². The van der Waals surface area contributed by atoms with Crippen LogP contribution in [0, 0.1) is 11.3 Å². The van der Waals surface area contributed by atoms with Crippen LogP contribution in [-0.4, -0.2) is 19.2 Å². The monoisotopic (exact) mass is 284 g/mol. The van der Waals surface area contributed by atoms with Crippen molar-refractivity contribution in [1.29, 1.82) is 5.26 Å². The first-order valence-corrected chi connectivity index (χ1v) is 6.48. The van der Waals surface area contributed by atoms with Gasteiger partial charge >= 0.3 is 6.18 Å². The van der Waals surface area contributed by atoms with Crippen molar-refractivity contribution >= 4 is 0 Å². The van der Waals surface area contributed by atoms with Crippen molar-refractivity contribution in [2.24, 2.45) is 0 Å². The molecule has 1 fully saturated rings. The lowest BCUT2D eigenvalue weighted by Gasteiger charge is -2.23. The minimum absolute atomic E-state index is 0.219. The van der Waals surface area contributed by atoms with Gasteiger partial charge < -0.3 is 10.1 Å². The van der Waals surface area contributed by atoms with Gasteiger partial charge in [-0.05, 0) is 37.6 Å². The number of alkyl halides is 3. The molecular formula is C14H15F3N2O. The highest BCUT2D eigenvalue weighted by Gasteiger charge is 2.33. The normalized spacial score (nSPS) is 19.4. The molecule has 1 aromatic rings. The van der Waals surface area contributed by atoms with Gasteiger partial charge in [0.15, 0.2) is 0 Å². The molecule has 1 atom stereocenters. The van der Waals surface area contributed by atoms with E-state index in [4.69, 9.17) is 10.00 Å². The second-order valence-electron chi connectivity index (χ2n) is 4.77. The first-order valence-electron chi connectivity index (χ1n) is 6.48. The first-order chi connectivity index (χ1) is 9.50. The van der Waals surface area contributed by atoms with E-state index in [1.807, 2.05) is 0 Å². The van der Waals surface area contributed by atoms with E-state index in [0.717, 1.165) is 37.9 Å². The van der Waals surface area contributed by atoms with Crippen LogP contribution < -0.4 is 10.1 Å². The Kier molecular flexibility index (Phi) is 4.50. The van der Waals surface area contributed by atoms with Crippen molar-refractivity contribution in [3.8, 4) is 11.8 Å². The second-order valence-corrected chi connectivity index (χ2v) is 4.77. The summed E-state index contributed by atoms with van der Waals surface area (Å²) in [5.74, 6) is 0.293. The molecule has 2 rings (SSSR count). The fourth-order valence-corrected chi connectivity index (χ4v) is 2.22. The quantitative estimate of drug-likeness (QED) is 0.927. The molecule has 108 valence electrons. The van der Waals surface area contributed by atoms with Crippen LogP contribution in [0.15, 0.2) is 18.2 Å². The molecule has 20 heavy (non-hydrogen) atoms. The number of nitrogens with zero attached hydrogens (tertiary/aromatic N) is 1. The van der Waals surface area contributed by atoms with Gasteiger partial charge in [-0.15, -0.1) is 0 Å². The summed E-state index contributed by atoms with van der Waals surface area (Å²) in [6.07, 6.45) is -1.27. The fraction of sp³-hybridized carbons (Fsp3) is 0.500. The third kappa shape index (κ3) is 3.64. The summed E-state index contributed by atoms with van der Waals surface area (Å²) < 4.78 is 43.4. The molecule has 1 aliphatic heterocycles. The van der Waals surface area contributed by atoms with Crippen LogP contribution >= 0.6 is 0 Å². The molecule has 1 N–H and O–H groups in total. The van der Waals surface area contributed by atoms with Gasteiger partial charge in [0.25, 0.3) is 0 Å². The number of benzene rings is 1. The SMILES string of the molecule is N#Cc1cc(OCC2CCCCN2)ccc1C(F)(F)F. The van der Waals surface area contributed by atoms with Crippen LogP contribution in [0.5, 0.6) is 5.75 Å². The molecule has 0 bridgehead atoms. The van der Waals surface area contributed by atoms with E-state index in [9.17, 15) is 13.2 Å². The Labute approximate surface area is 115 Å². The van der Waals surface area contributed by atoms with E-state index >= 15 is 0 Å². The highest BCUT2D eigenvalue weighted by atomic mass is 19.4. The van der Waals surface area contributed by atoms with Gasteiger partial charge in [0.2, 0.25) is 0 Å². The third-order valence-electron chi connectivity index (χ3n) is 3.28. The van der Waals surface area contributed by atoms with Gasteiger partial charge in [-0.3, -0.25) is 0 Å². The Hall–Kier alpha value is -1.74. The number of ether oxygens (including phenoxy) is 1. The minimum Gasteiger partial charge on any atom is -0.492 e. The molecule has 0 saturated carbocycles. The molecule has 1 heterocycles. The largest absolute Gasteiger partial charge is 0.492 e. The zero-order chi connectivity index (χ0) is 14.6. The zero-order valence-corrected chi connectivity index (χ0v) is 10.8. The van der Waals surface area contributed by atoms with E-state index in [1.165, 1.54) is 6.07 Å². The van der Waals surface area contributed by atoms with Crippen LogP contribution in [0.2, 0.25) is 0 Å². The number of piperidine rings is 1. The summed E-state index contributed by atoms with van der Waals surface area (Å²) >= 11 is 0. The van der Waals surface area contributed by atoms with Crippen molar-refractivity contribution in [3.63, 3.8) is 0 Å². The summed E-state index contributed by atoms with van der Waals surface area (Å²) in [5.41, 5.74) is -1.34. The van der Waals surface area contributed by atoms with Gasteiger partial charge in [-0.25, -0.2) is 0 Å². The predicted octanol–water partition coefficient (Wildman–Crippen LogP) is 3.10. The average molecular weight is 284 g/mol. The summed E-state index contributed by atoms with van der Waals surface area (Å²) in [6.45, 7) is 1.33. The van der Waals surface area contributed by atoms with Gasteiger partial charge in [-0.1, -0.05) is 6.42 Å². The number of hydrogen-bond donors (Lipinski definition) is 1. The number of nitriles is 1. The highest BCUT2D eigenvalue weighted by Crippen LogP contribution is 2.33. The topological polar surface area (TPSA) is 45.0 Å². The maximum atomic E-state index is 12.6. The predicted molar refractivity (Wildman–Crippen MR) is 67.3 cm³/mol. The number of rotatable bonds is 3. The van der Waals surface area contributed by atoms with Gasteiger partial charge in [0, 0.05) is 6.04 Å². The molecule has 1 unspecified atom stereocenters. The van der Waals surface area contributed by atoms with E-state index in [-0.39, 0.29) is 6.04 Å². The van der Waals surface area contributed by atoms with Crippen molar-refractivity contribution < 1.29 is 17.9 Å². The maximum Gasteiger partial charge on any atom is 0.417 e. The number of hydrogen-bond acceptors (Lipinski definition) is 3. The maximum absolute atomic E-state index is 12.6. The Bertz CT molecular complexity index is 502. The first kappa shape index (κ1) is 14.7. The van der Waals surface area contributed by atoms with E-state index in [0.29, 0.717) is 12.4 Å². The molecule has 1 aliphatic rings. The van der Waals surface area contributed by atoms with E-state index in [1.54, 1.807) is 6.07 Å². The molecule has 1 saturated heterocycles.